The third-order valence-corrected chi connectivity index (χ3v) is 5.86. The maximum atomic E-state index is 5.62. The third-order valence-electron chi connectivity index (χ3n) is 2.79. The van der Waals surface area contributed by atoms with Crippen molar-refractivity contribution < 1.29 is 2.85 Å². The molecule has 15 heavy (non-hydrogen) atoms. The van der Waals surface area contributed by atoms with Gasteiger partial charge in [-0.1, -0.05) is 36.4 Å². The quantitative estimate of drug-likeness (QED) is 0.567. The van der Waals surface area contributed by atoms with Crippen molar-refractivity contribution in [1.29, 1.82) is 0 Å². The molecule has 3 heteroatoms. The van der Waals surface area contributed by atoms with Crippen LogP contribution in [0, 0.1) is 0 Å². The summed E-state index contributed by atoms with van der Waals surface area (Å²) >= 11 is 2.03. The number of halogens is 1. The van der Waals surface area contributed by atoms with E-state index in [1.807, 2.05) is 23.0 Å². The van der Waals surface area contributed by atoms with Crippen molar-refractivity contribution >= 4 is 41.4 Å². The van der Waals surface area contributed by atoms with E-state index in [4.69, 9.17) is 2.85 Å². The second-order valence-electron chi connectivity index (χ2n) is 3.57. The first kappa shape index (κ1) is 9.76. The van der Waals surface area contributed by atoms with Gasteiger partial charge in [-0.05, 0) is 12.1 Å². The lowest BCUT2D eigenvalue weighted by Crippen LogP contribution is -2.06. The fourth-order valence-corrected chi connectivity index (χ4v) is 5.26. The molecule has 0 bridgehead atoms. The van der Waals surface area contributed by atoms with Gasteiger partial charge in [0.05, 0.1) is 5.92 Å². The fraction of sp³-hybridized carbons (Fsp3) is 0.0833. The van der Waals surface area contributed by atoms with Gasteiger partial charge in [0, 0.05) is 5.56 Å². The lowest BCUT2D eigenvalue weighted by Gasteiger charge is -2.05. The summed E-state index contributed by atoms with van der Waals surface area (Å²) in [5, 5.41) is 2.79. The molecule has 0 saturated carbocycles. The van der Waals surface area contributed by atoms with E-state index in [0.717, 1.165) is 0 Å². The first-order chi connectivity index (χ1) is 7.42. The SMILES string of the molecule is IO[P+]1=C2C=CC=CC2c2ccccc21. The van der Waals surface area contributed by atoms with Crippen LogP contribution >= 0.6 is 30.8 Å². The van der Waals surface area contributed by atoms with E-state index in [1.165, 1.54) is 16.2 Å². The van der Waals surface area contributed by atoms with Crippen LogP contribution in [0.15, 0.2) is 48.6 Å². The van der Waals surface area contributed by atoms with Crippen LogP contribution in [0.3, 0.4) is 0 Å². The first-order valence-electron chi connectivity index (χ1n) is 4.81. The molecule has 0 radical (unpaired) electrons. The van der Waals surface area contributed by atoms with Crippen molar-refractivity contribution in [2.45, 2.75) is 5.92 Å². The lowest BCUT2D eigenvalue weighted by molar-refractivity contribution is 0.830. The normalized spacial score (nSPS) is 24.2. The molecule has 0 spiro atoms. The average Bonchev–Trinajstić information content (AvgIpc) is 2.63. The number of hydrogen-bond donors (Lipinski definition) is 0. The van der Waals surface area contributed by atoms with E-state index in [1.54, 1.807) is 0 Å². The van der Waals surface area contributed by atoms with Gasteiger partial charge in [0.15, 0.2) is 33.6 Å². The molecular formula is C12H9IOP+. The molecule has 1 aliphatic carbocycles. The second kappa shape index (κ2) is 3.85. The molecule has 0 amide bonds. The molecule has 0 N–H and O–H groups in total. The molecule has 1 aromatic rings. The molecule has 1 aliphatic heterocycles. The molecule has 2 aliphatic rings. The van der Waals surface area contributed by atoms with Crippen molar-refractivity contribution in [2.24, 2.45) is 0 Å². The van der Waals surface area contributed by atoms with Gasteiger partial charge in [0.25, 0.3) is 0 Å². The summed E-state index contributed by atoms with van der Waals surface area (Å²) < 4.78 is 5.62. The van der Waals surface area contributed by atoms with Crippen molar-refractivity contribution in [3.05, 3.63) is 54.1 Å². The van der Waals surface area contributed by atoms with Crippen LogP contribution in [0.4, 0.5) is 0 Å². The highest BCUT2D eigenvalue weighted by molar-refractivity contribution is 14.1. The van der Waals surface area contributed by atoms with Gasteiger partial charge in [0.2, 0.25) is 0 Å². The first-order valence-corrected chi connectivity index (χ1v) is 6.95. The van der Waals surface area contributed by atoms with Crippen LogP contribution in [0.1, 0.15) is 11.5 Å². The molecule has 1 heterocycles. The second-order valence-corrected chi connectivity index (χ2v) is 6.48. The Morgan fingerprint density at radius 1 is 1.20 bits per heavy atom. The Morgan fingerprint density at radius 3 is 2.93 bits per heavy atom. The summed E-state index contributed by atoms with van der Waals surface area (Å²) in [4.78, 5) is 0. The van der Waals surface area contributed by atoms with E-state index >= 15 is 0 Å². The van der Waals surface area contributed by atoms with E-state index in [2.05, 4.69) is 48.6 Å². The zero-order valence-electron chi connectivity index (χ0n) is 7.93. The molecule has 1 nitrogen and oxygen atoms in total. The van der Waals surface area contributed by atoms with Gasteiger partial charge in [-0.2, -0.15) is 0 Å². The van der Waals surface area contributed by atoms with Crippen molar-refractivity contribution in [3.63, 3.8) is 0 Å². The van der Waals surface area contributed by atoms with Crippen molar-refractivity contribution in [3.8, 4) is 0 Å². The van der Waals surface area contributed by atoms with Gasteiger partial charge in [-0.25, -0.2) is 0 Å². The molecule has 0 saturated heterocycles. The molecule has 2 atom stereocenters. The summed E-state index contributed by atoms with van der Waals surface area (Å²) in [5.74, 6) is 0.451. The lowest BCUT2D eigenvalue weighted by atomic mass is 9.93. The molecule has 2 unspecified atom stereocenters. The number of hydrogen-bond acceptors (Lipinski definition) is 1. The highest BCUT2D eigenvalue weighted by Gasteiger charge is 2.40. The fourth-order valence-electron chi connectivity index (χ4n) is 2.14. The molecular weight excluding hydrogens is 318 g/mol. The number of allylic oxidation sites excluding steroid dienone is 4. The van der Waals surface area contributed by atoms with Gasteiger partial charge < -0.3 is 0 Å². The number of rotatable bonds is 1. The van der Waals surface area contributed by atoms with Gasteiger partial charge in [-0.3, -0.25) is 0 Å². The van der Waals surface area contributed by atoms with Crippen molar-refractivity contribution in [2.75, 3.05) is 0 Å². The largest absolute Gasteiger partial charge is 0.311 e. The maximum Gasteiger partial charge on any atom is 0.311 e. The highest BCUT2D eigenvalue weighted by atomic mass is 127. The Kier molecular flexibility index (Phi) is 2.51. The van der Waals surface area contributed by atoms with Crippen LogP contribution in [-0.2, 0) is 2.85 Å². The summed E-state index contributed by atoms with van der Waals surface area (Å²) in [5.41, 5.74) is 1.41. The predicted octanol–water partition coefficient (Wildman–Crippen LogP) is 3.47. The smallest absolute Gasteiger partial charge is 0.107 e. The van der Waals surface area contributed by atoms with Crippen LogP contribution in [0.25, 0.3) is 0 Å². The van der Waals surface area contributed by atoms with Gasteiger partial charge in [-0.15, -0.1) is 2.85 Å². The summed E-state index contributed by atoms with van der Waals surface area (Å²) in [6.07, 6.45) is 8.68. The van der Waals surface area contributed by atoms with Crippen LogP contribution in [0.2, 0.25) is 0 Å². The molecule has 0 aromatic heterocycles. The third kappa shape index (κ3) is 1.43. The van der Waals surface area contributed by atoms with Crippen LogP contribution in [0.5, 0.6) is 0 Å². The minimum Gasteiger partial charge on any atom is -0.107 e. The Labute approximate surface area is 104 Å². The van der Waals surface area contributed by atoms with Crippen LogP contribution < -0.4 is 5.30 Å². The van der Waals surface area contributed by atoms with E-state index in [-0.39, 0.29) is 0 Å². The maximum absolute atomic E-state index is 5.62. The van der Waals surface area contributed by atoms with Crippen LogP contribution in [-0.4, -0.2) is 5.29 Å². The van der Waals surface area contributed by atoms with Gasteiger partial charge in [0.1, 0.15) is 0 Å². The minimum atomic E-state index is -0.551. The zero-order chi connectivity index (χ0) is 10.3. The molecule has 74 valence electrons. The molecule has 3 rings (SSSR count). The van der Waals surface area contributed by atoms with E-state index < -0.39 is 7.77 Å². The Morgan fingerprint density at radius 2 is 2.07 bits per heavy atom. The Balaban J connectivity index is 2.26. The highest BCUT2D eigenvalue weighted by Crippen LogP contribution is 2.44. The summed E-state index contributed by atoms with van der Waals surface area (Å²) in [6, 6.07) is 8.60. The topological polar surface area (TPSA) is 9.23 Å². The average molecular weight is 327 g/mol. The minimum absolute atomic E-state index is 0.451. The summed E-state index contributed by atoms with van der Waals surface area (Å²) in [7, 11) is -0.551. The number of benzene rings is 1. The Hall–Kier alpha value is -0.440. The zero-order valence-corrected chi connectivity index (χ0v) is 11.0. The molecule has 1 aromatic carbocycles. The van der Waals surface area contributed by atoms with E-state index in [9.17, 15) is 0 Å². The molecule has 0 fully saturated rings. The number of fused-ring (bicyclic) bond motifs is 3. The van der Waals surface area contributed by atoms with E-state index in [0.29, 0.717) is 5.92 Å². The monoisotopic (exact) mass is 327 g/mol. The predicted molar refractivity (Wildman–Crippen MR) is 74.1 cm³/mol. The Bertz CT molecular complexity index is 502. The summed E-state index contributed by atoms with van der Waals surface area (Å²) in [6.45, 7) is 0. The van der Waals surface area contributed by atoms with Gasteiger partial charge >= 0.3 is 7.77 Å². The van der Waals surface area contributed by atoms with Crippen molar-refractivity contribution in [1.82, 2.24) is 0 Å². The standard InChI is InChI=1S/C12H9IOP/c13-14-15-11-7-3-1-5-9(11)10-6-2-4-8-12(10)15/h1-9H/q+1.